The fraction of sp³-hybridized carbons (Fsp3) is 0.364. The lowest BCUT2D eigenvalue weighted by Crippen LogP contribution is -2.35. The average molecular weight is 247 g/mol. The van der Waals surface area contributed by atoms with Gasteiger partial charge in [0.1, 0.15) is 0 Å². The van der Waals surface area contributed by atoms with Crippen LogP contribution in [0.1, 0.15) is 24.5 Å². The van der Waals surface area contributed by atoms with Crippen LogP contribution in [-0.2, 0) is 16.5 Å². The van der Waals surface area contributed by atoms with E-state index in [1.54, 1.807) is 0 Å². The number of carbonyl (C=O) groups is 1. The van der Waals surface area contributed by atoms with E-state index in [2.05, 4.69) is 0 Å². The lowest BCUT2D eigenvalue weighted by Gasteiger charge is -2.24. The zero-order chi connectivity index (χ0) is 13.3. The van der Waals surface area contributed by atoms with Crippen molar-refractivity contribution in [1.29, 1.82) is 0 Å². The van der Waals surface area contributed by atoms with Gasteiger partial charge in [0.25, 0.3) is 0 Å². The maximum atomic E-state index is 12.5. The first-order chi connectivity index (χ1) is 7.63. The predicted molar refractivity (Wildman–Crippen MR) is 55.2 cm³/mol. The van der Waals surface area contributed by atoms with Gasteiger partial charge in [0, 0.05) is 5.54 Å². The van der Waals surface area contributed by atoms with E-state index >= 15 is 0 Å². The number of rotatable bonds is 3. The summed E-state index contributed by atoms with van der Waals surface area (Å²) in [5.41, 5.74) is 3.69. The quantitative estimate of drug-likeness (QED) is 0.861. The van der Waals surface area contributed by atoms with Crippen molar-refractivity contribution in [3.8, 4) is 0 Å². The highest BCUT2D eigenvalue weighted by Gasteiger charge is 2.32. The molecule has 0 saturated heterocycles. The van der Waals surface area contributed by atoms with Crippen molar-refractivity contribution in [2.24, 2.45) is 5.73 Å². The van der Waals surface area contributed by atoms with Gasteiger partial charge in [0.15, 0.2) is 0 Å². The molecular weight excluding hydrogens is 235 g/mol. The molecular formula is C11H12F3NO2. The first-order valence-electron chi connectivity index (χ1n) is 4.81. The number of nitrogens with two attached hydrogens (primary N) is 1. The summed E-state index contributed by atoms with van der Waals surface area (Å²) in [5, 5.41) is 8.64. The SMILES string of the molecule is CC(N)(CC(=O)O)c1cccc(C(F)(F)F)c1. The average Bonchev–Trinajstić information content (AvgIpc) is 2.14. The van der Waals surface area contributed by atoms with Crippen molar-refractivity contribution < 1.29 is 23.1 Å². The van der Waals surface area contributed by atoms with Gasteiger partial charge in [-0.3, -0.25) is 4.79 Å². The van der Waals surface area contributed by atoms with Crippen LogP contribution < -0.4 is 5.73 Å². The summed E-state index contributed by atoms with van der Waals surface area (Å²) < 4.78 is 37.4. The Kier molecular flexibility index (Phi) is 3.47. The molecule has 0 aliphatic heterocycles. The third-order valence-electron chi connectivity index (χ3n) is 2.37. The van der Waals surface area contributed by atoms with Crippen LogP contribution in [0.15, 0.2) is 24.3 Å². The van der Waals surface area contributed by atoms with Crippen molar-refractivity contribution >= 4 is 5.97 Å². The molecule has 1 aromatic rings. The second kappa shape index (κ2) is 4.37. The van der Waals surface area contributed by atoms with Gasteiger partial charge in [0.2, 0.25) is 0 Å². The summed E-state index contributed by atoms with van der Waals surface area (Å²) >= 11 is 0. The lowest BCUT2D eigenvalue weighted by molar-refractivity contribution is -0.138. The highest BCUT2D eigenvalue weighted by molar-refractivity contribution is 5.68. The van der Waals surface area contributed by atoms with Crippen LogP contribution >= 0.6 is 0 Å². The Morgan fingerprint density at radius 1 is 1.35 bits per heavy atom. The summed E-state index contributed by atoms with van der Waals surface area (Å²) in [6.07, 6.45) is -4.90. The van der Waals surface area contributed by atoms with E-state index in [9.17, 15) is 18.0 Å². The van der Waals surface area contributed by atoms with E-state index in [1.165, 1.54) is 19.1 Å². The highest BCUT2D eigenvalue weighted by atomic mass is 19.4. The number of benzene rings is 1. The number of alkyl halides is 3. The number of halogens is 3. The van der Waals surface area contributed by atoms with Gasteiger partial charge in [-0.05, 0) is 24.6 Å². The topological polar surface area (TPSA) is 63.3 Å². The summed E-state index contributed by atoms with van der Waals surface area (Å²) in [7, 11) is 0. The van der Waals surface area contributed by atoms with Crippen molar-refractivity contribution in [3.63, 3.8) is 0 Å². The maximum absolute atomic E-state index is 12.5. The molecule has 0 aromatic heterocycles. The molecule has 0 aliphatic rings. The normalized spacial score (nSPS) is 15.4. The Balaban J connectivity index is 3.11. The van der Waals surface area contributed by atoms with E-state index < -0.39 is 29.7 Å². The van der Waals surface area contributed by atoms with Crippen LogP contribution in [0.3, 0.4) is 0 Å². The second-order valence-corrected chi connectivity index (χ2v) is 4.07. The Bertz CT molecular complexity index is 427. The van der Waals surface area contributed by atoms with E-state index in [1.807, 2.05) is 0 Å². The Labute approximate surface area is 96.0 Å². The molecule has 0 heterocycles. The third kappa shape index (κ3) is 3.45. The van der Waals surface area contributed by atoms with Gasteiger partial charge < -0.3 is 10.8 Å². The highest BCUT2D eigenvalue weighted by Crippen LogP contribution is 2.32. The molecule has 1 atom stereocenters. The van der Waals surface area contributed by atoms with Crippen molar-refractivity contribution in [2.75, 3.05) is 0 Å². The number of hydrogen-bond donors (Lipinski definition) is 2. The number of aliphatic carboxylic acids is 1. The molecule has 1 unspecified atom stereocenters. The third-order valence-corrected chi connectivity index (χ3v) is 2.37. The van der Waals surface area contributed by atoms with Crippen LogP contribution in [0.4, 0.5) is 13.2 Å². The lowest BCUT2D eigenvalue weighted by atomic mass is 9.89. The van der Waals surface area contributed by atoms with Crippen molar-refractivity contribution in [3.05, 3.63) is 35.4 Å². The molecule has 0 fully saturated rings. The molecule has 3 N–H and O–H groups in total. The van der Waals surface area contributed by atoms with Gasteiger partial charge in [0.05, 0.1) is 12.0 Å². The standard InChI is InChI=1S/C11H12F3NO2/c1-10(15,6-9(16)17)7-3-2-4-8(5-7)11(12,13)14/h2-5H,6,15H2,1H3,(H,16,17). The van der Waals surface area contributed by atoms with Crippen molar-refractivity contribution in [1.82, 2.24) is 0 Å². The van der Waals surface area contributed by atoms with E-state index in [0.717, 1.165) is 12.1 Å². The summed E-state index contributed by atoms with van der Waals surface area (Å²) in [5.74, 6) is -1.16. The van der Waals surface area contributed by atoms with Crippen LogP contribution in [0, 0.1) is 0 Å². The zero-order valence-corrected chi connectivity index (χ0v) is 9.08. The molecule has 94 valence electrons. The van der Waals surface area contributed by atoms with Gasteiger partial charge >= 0.3 is 12.1 Å². The van der Waals surface area contributed by atoms with Gasteiger partial charge in [-0.2, -0.15) is 13.2 Å². The van der Waals surface area contributed by atoms with Gasteiger partial charge in [-0.1, -0.05) is 12.1 Å². The molecule has 1 aromatic carbocycles. The smallest absolute Gasteiger partial charge is 0.416 e. The minimum Gasteiger partial charge on any atom is -0.481 e. The first-order valence-corrected chi connectivity index (χ1v) is 4.81. The summed E-state index contributed by atoms with van der Waals surface area (Å²) in [4.78, 5) is 10.6. The fourth-order valence-electron chi connectivity index (χ4n) is 1.47. The van der Waals surface area contributed by atoms with Crippen LogP contribution in [0.25, 0.3) is 0 Å². The first kappa shape index (κ1) is 13.5. The van der Waals surface area contributed by atoms with E-state index in [0.29, 0.717) is 0 Å². The molecule has 3 nitrogen and oxygen atoms in total. The van der Waals surface area contributed by atoms with Crippen LogP contribution in [0.2, 0.25) is 0 Å². The summed E-state index contributed by atoms with van der Waals surface area (Å²) in [6.45, 7) is 1.39. The molecule has 0 saturated carbocycles. The fourth-order valence-corrected chi connectivity index (χ4v) is 1.47. The second-order valence-electron chi connectivity index (χ2n) is 4.07. The minimum atomic E-state index is -4.46. The minimum absolute atomic E-state index is 0.148. The van der Waals surface area contributed by atoms with E-state index in [-0.39, 0.29) is 5.56 Å². The summed E-state index contributed by atoms with van der Waals surface area (Å²) in [6, 6.07) is 4.40. The molecule has 1 rings (SSSR count). The molecule has 0 bridgehead atoms. The van der Waals surface area contributed by atoms with Gasteiger partial charge in [-0.15, -0.1) is 0 Å². The number of carboxylic acid groups (broad SMARTS) is 1. The van der Waals surface area contributed by atoms with Gasteiger partial charge in [-0.25, -0.2) is 0 Å². The van der Waals surface area contributed by atoms with E-state index in [4.69, 9.17) is 10.8 Å². The maximum Gasteiger partial charge on any atom is 0.416 e. The molecule has 6 heteroatoms. The Morgan fingerprint density at radius 2 is 1.88 bits per heavy atom. The largest absolute Gasteiger partial charge is 0.481 e. The number of carboxylic acids is 1. The Hall–Kier alpha value is -1.56. The predicted octanol–water partition coefficient (Wildman–Crippen LogP) is 2.35. The zero-order valence-electron chi connectivity index (χ0n) is 9.08. The monoisotopic (exact) mass is 247 g/mol. The molecule has 0 aliphatic carbocycles. The number of hydrogen-bond acceptors (Lipinski definition) is 2. The Morgan fingerprint density at radius 3 is 2.35 bits per heavy atom. The molecule has 0 spiro atoms. The van der Waals surface area contributed by atoms with Crippen LogP contribution in [0.5, 0.6) is 0 Å². The van der Waals surface area contributed by atoms with Crippen LogP contribution in [-0.4, -0.2) is 11.1 Å². The van der Waals surface area contributed by atoms with Crippen molar-refractivity contribution in [2.45, 2.75) is 25.1 Å². The molecule has 0 amide bonds. The molecule has 17 heavy (non-hydrogen) atoms. The molecule has 0 radical (unpaired) electrons.